The molecule has 0 aromatic heterocycles. The molecular weight excluding hydrogens is 226 g/mol. The highest BCUT2D eigenvalue weighted by Crippen LogP contribution is 2.19. The number of likely N-dealkylation sites (N-methyl/N-ethyl adjacent to an activating group) is 1. The molecule has 0 saturated carbocycles. The molecule has 0 spiro atoms. The van der Waals surface area contributed by atoms with Crippen molar-refractivity contribution in [3.05, 3.63) is 29.8 Å². The van der Waals surface area contributed by atoms with Crippen LogP contribution in [0.5, 0.6) is 5.75 Å². The third kappa shape index (κ3) is 3.47. The monoisotopic (exact) mass is 249 g/mol. The molecule has 0 bridgehead atoms. The SMILES string of the molecule is CNC(CCc1ccc(OC)cc1)C1CCCO1. The average Bonchev–Trinajstić information content (AvgIpc) is 2.94. The van der Waals surface area contributed by atoms with Crippen molar-refractivity contribution in [2.75, 3.05) is 20.8 Å². The Balaban J connectivity index is 1.84. The first-order valence-electron chi connectivity index (χ1n) is 6.75. The maximum absolute atomic E-state index is 5.75. The van der Waals surface area contributed by atoms with Crippen LogP contribution in [0.3, 0.4) is 0 Å². The summed E-state index contributed by atoms with van der Waals surface area (Å²) < 4.78 is 10.9. The maximum Gasteiger partial charge on any atom is 0.118 e. The molecule has 100 valence electrons. The van der Waals surface area contributed by atoms with Crippen molar-refractivity contribution in [1.29, 1.82) is 0 Å². The smallest absolute Gasteiger partial charge is 0.118 e. The molecular formula is C15H23NO2. The predicted octanol–water partition coefficient (Wildman–Crippen LogP) is 2.39. The molecule has 2 rings (SSSR count). The van der Waals surface area contributed by atoms with Gasteiger partial charge in [0, 0.05) is 12.6 Å². The van der Waals surface area contributed by atoms with E-state index in [4.69, 9.17) is 9.47 Å². The Hall–Kier alpha value is -1.06. The Morgan fingerprint density at radius 1 is 1.39 bits per heavy atom. The molecule has 1 aromatic carbocycles. The highest BCUT2D eigenvalue weighted by molar-refractivity contribution is 5.27. The number of aryl methyl sites for hydroxylation is 1. The zero-order valence-electron chi connectivity index (χ0n) is 11.3. The molecule has 1 aromatic rings. The minimum absolute atomic E-state index is 0.397. The van der Waals surface area contributed by atoms with Gasteiger partial charge in [0.15, 0.2) is 0 Å². The summed E-state index contributed by atoms with van der Waals surface area (Å²) in [5.74, 6) is 0.919. The topological polar surface area (TPSA) is 30.5 Å². The minimum Gasteiger partial charge on any atom is -0.497 e. The lowest BCUT2D eigenvalue weighted by Gasteiger charge is -2.22. The number of hydrogen-bond acceptors (Lipinski definition) is 3. The third-order valence-corrected chi connectivity index (χ3v) is 3.69. The second-order valence-electron chi connectivity index (χ2n) is 4.83. The first kappa shape index (κ1) is 13.4. The minimum atomic E-state index is 0.397. The summed E-state index contributed by atoms with van der Waals surface area (Å²) in [5, 5.41) is 3.39. The van der Waals surface area contributed by atoms with Crippen molar-refractivity contribution in [1.82, 2.24) is 5.32 Å². The predicted molar refractivity (Wildman–Crippen MR) is 73.1 cm³/mol. The molecule has 1 heterocycles. The van der Waals surface area contributed by atoms with Gasteiger partial charge in [-0.05, 0) is 50.4 Å². The second-order valence-corrected chi connectivity index (χ2v) is 4.83. The molecule has 3 nitrogen and oxygen atoms in total. The molecule has 1 N–H and O–H groups in total. The van der Waals surface area contributed by atoms with E-state index in [0.29, 0.717) is 12.1 Å². The number of hydrogen-bond donors (Lipinski definition) is 1. The molecule has 0 amide bonds. The lowest BCUT2D eigenvalue weighted by molar-refractivity contribution is 0.0782. The van der Waals surface area contributed by atoms with E-state index in [-0.39, 0.29) is 0 Å². The largest absolute Gasteiger partial charge is 0.497 e. The molecule has 2 atom stereocenters. The van der Waals surface area contributed by atoms with Gasteiger partial charge in [-0.15, -0.1) is 0 Å². The highest BCUT2D eigenvalue weighted by Gasteiger charge is 2.24. The number of nitrogens with one attached hydrogen (secondary N) is 1. The van der Waals surface area contributed by atoms with Crippen molar-refractivity contribution in [2.45, 2.75) is 37.8 Å². The number of methoxy groups -OCH3 is 1. The van der Waals surface area contributed by atoms with Gasteiger partial charge in [0.25, 0.3) is 0 Å². The van der Waals surface area contributed by atoms with Crippen LogP contribution in [0.15, 0.2) is 24.3 Å². The van der Waals surface area contributed by atoms with E-state index in [9.17, 15) is 0 Å². The first-order valence-corrected chi connectivity index (χ1v) is 6.75. The van der Waals surface area contributed by atoms with Crippen LogP contribution in [0.25, 0.3) is 0 Å². The molecule has 18 heavy (non-hydrogen) atoms. The Bertz CT molecular complexity index is 344. The van der Waals surface area contributed by atoms with Crippen LogP contribution in [0.1, 0.15) is 24.8 Å². The van der Waals surface area contributed by atoms with E-state index < -0.39 is 0 Å². The summed E-state index contributed by atoms with van der Waals surface area (Å²) >= 11 is 0. The summed E-state index contributed by atoms with van der Waals surface area (Å²) in [5.41, 5.74) is 1.36. The zero-order chi connectivity index (χ0) is 12.8. The van der Waals surface area contributed by atoms with Crippen molar-refractivity contribution in [3.8, 4) is 5.75 Å². The molecule has 1 aliphatic heterocycles. The van der Waals surface area contributed by atoms with Gasteiger partial charge in [0.1, 0.15) is 5.75 Å². The normalized spacial score (nSPS) is 20.9. The molecule has 1 aliphatic rings. The van der Waals surface area contributed by atoms with Gasteiger partial charge in [-0.3, -0.25) is 0 Å². The Labute approximate surface area is 109 Å². The van der Waals surface area contributed by atoms with E-state index in [2.05, 4.69) is 17.4 Å². The quantitative estimate of drug-likeness (QED) is 0.839. The van der Waals surface area contributed by atoms with Crippen molar-refractivity contribution in [2.24, 2.45) is 0 Å². The Morgan fingerprint density at radius 2 is 2.17 bits per heavy atom. The lowest BCUT2D eigenvalue weighted by atomic mass is 9.99. The van der Waals surface area contributed by atoms with Gasteiger partial charge >= 0.3 is 0 Å². The van der Waals surface area contributed by atoms with Crippen LogP contribution in [-0.2, 0) is 11.2 Å². The van der Waals surface area contributed by atoms with Gasteiger partial charge in [0.2, 0.25) is 0 Å². The van der Waals surface area contributed by atoms with Gasteiger partial charge in [0.05, 0.1) is 13.2 Å². The fraction of sp³-hybridized carbons (Fsp3) is 0.600. The molecule has 3 heteroatoms. The second kappa shape index (κ2) is 6.76. The van der Waals surface area contributed by atoms with E-state index in [1.807, 2.05) is 19.2 Å². The van der Waals surface area contributed by atoms with Crippen LogP contribution in [-0.4, -0.2) is 32.9 Å². The Morgan fingerprint density at radius 3 is 2.72 bits per heavy atom. The summed E-state index contributed by atoms with van der Waals surface area (Å²) in [6, 6.07) is 8.79. The molecule has 0 radical (unpaired) electrons. The van der Waals surface area contributed by atoms with Crippen molar-refractivity contribution >= 4 is 0 Å². The summed E-state index contributed by atoms with van der Waals surface area (Å²) in [6.07, 6.45) is 4.98. The lowest BCUT2D eigenvalue weighted by Crippen LogP contribution is -2.37. The molecule has 1 fully saturated rings. The van der Waals surface area contributed by atoms with Gasteiger partial charge in [-0.2, -0.15) is 0 Å². The standard InChI is InChI=1S/C15H23NO2/c1-16-14(15-4-3-11-18-15)10-7-12-5-8-13(17-2)9-6-12/h5-6,8-9,14-16H,3-4,7,10-11H2,1-2H3. The van der Waals surface area contributed by atoms with E-state index >= 15 is 0 Å². The van der Waals surface area contributed by atoms with E-state index in [0.717, 1.165) is 25.2 Å². The maximum atomic E-state index is 5.75. The fourth-order valence-electron chi connectivity index (χ4n) is 2.55. The highest BCUT2D eigenvalue weighted by atomic mass is 16.5. The molecule has 1 saturated heterocycles. The molecule has 2 unspecified atom stereocenters. The van der Waals surface area contributed by atoms with Gasteiger partial charge in [-0.25, -0.2) is 0 Å². The number of rotatable bonds is 6. The summed E-state index contributed by atoms with van der Waals surface area (Å²) in [7, 11) is 3.73. The van der Waals surface area contributed by atoms with Crippen LogP contribution in [0.2, 0.25) is 0 Å². The van der Waals surface area contributed by atoms with E-state index in [1.54, 1.807) is 7.11 Å². The van der Waals surface area contributed by atoms with Crippen LogP contribution in [0, 0.1) is 0 Å². The average molecular weight is 249 g/mol. The summed E-state index contributed by atoms with van der Waals surface area (Å²) in [6.45, 7) is 0.922. The Kier molecular flexibility index (Phi) is 5.02. The first-order chi connectivity index (χ1) is 8.83. The number of benzene rings is 1. The van der Waals surface area contributed by atoms with Crippen molar-refractivity contribution in [3.63, 3.8) is 0 Å². The van der Waals surface area contributed by atoms with Gasteiger partial charge in [-0.1, -0.05) is 12.1 Å². The van der Waals surface area contributed by atoms with E-state index in [1.165, 1.54) is 18.4 Å². The van der Waals surface area contributed by atoms with Gasteiger partial charge < -0.3 is 14.8 Å². The van der Waals surface area contributed by atoms with Crippen LogP contribution in [0.4, 0.5) is 0 Å². The molecule has 0 aliphatic carbocycles. The van der Waals surface area contributed by atoms with Crippen molar-refractivity contribution < 1.29 is 9.47 Å². The fourth-order valence-corrected chi connectivity index (χ4v) is 2.55. The van der Waals surface area contributed by atoms with Crippen LogP contribution >= 0.6 is 0 Å². The third-order valence-electron chi connectivity index (χ3n) is 3.69. The number of ether oxygens (including phenoxy) is 2. The zero-order valence-corrected chi connectivity index (χ0v) is 11.3. The summed E-state index contributed by atoms with van der Waals surface area (Å²) in [4.78, 5) is 0. The van der Waals surface area contributed by atoms with Crippen LogP contribution < -0.4 is 10.1 Å².